The molecule has 0 fully saturated rings. The minimum Gasteiger partial charge on any atom is -0.389 e. The van der Waals surface area contributed by atoms with E-state index in [4.69, 9.17) is 0 Å². The standard InChI is InChI=1S/C23H22N4O2/c1-15-11-22-25(16(2)12-23(29)27(22)24-15)13-17(28)14-26-20-9-5-3-7-18(20)19-8-4-6-10-21(19)26/h3-12,17,28H,13-14H2,1-2H3. The third kappa shape index (κ3) is 2.84. The highest BCUT2D eigenvalue weighted by atomic mass is 16.3. The summed E-state index contributed by atoms with van der Waals surface area (Å²) in [4.78, 5) is 12.2. The van der Waals surface area contributed by atoms with Gasteiger partial charge in [0.15, 0.2) is 0 Å². The Kier molecular flexibility index (Phi) is 4.03. The average molecular weight is 386 g/mol. The van der Waals surface area contributed by atoms with Crippen molar-refractivity contribution in [3.05, 3.63) is 82.4 Å². The van der Waals surface area contributed by atoms with Crippen LogP contribution in [0.3, 0.4) is 0 Å². The van der Waals surface area contributed by atoms with E-state index >= 15 is 0 Å². The topological polar surface area (TPSA) is 64.5 Å². The van der Waals surface area contributed by atoms with Gasteiger partial charge < -0.3 is 14.2 Å². The fourth-order valence-corrected chi connectivity index (χ4v) is 4.26. The summed E-state index contributed by atoms with van der Waals surface area (Å²) in [5, 5.41) is 17.6. The molecule has 0 radical (unpaired) electrons. The van der Waals surface area contributed by atoms with E-state index in [2.05, 4.69) is 33.9 Å². The number of nitrogens with zero attached hydrogens (tertiary/aromatic N) is 4. The largest absolute Gasteiger partial charge is 0.389 e. The van der Waals surface area contributed by atoms with Gasteiger partial charge in [-0.2, -0.15) is 9.61 Å². The molecule has 0 saturated carbocycles. The van der Waals surface area contributed by atoms with Gasteiger partial charge in [-0.25, -0.2) is 0 Å². The molecule has 0 aliphatic carbocycles. The maximum atomic E-state index is 12.2. The molecule has 1 atom stereocenters. The highest BCUT2D eigenvalue weighted by Gasteiger charge is 2.16. The van der Waals surface area contributed by atoms with Gasteiger partial charge in [-0.1, -0.05) is 36.4 Å². The Labute approximate surface area is 167 Å². The van der Waals surface area contributed by atoms with Gasteiger partial charge in [0.05, 0.1) is 24.9 Å². The second-order valence-corrected chi connectivity index (χ2v) is 7.59. The molecule has 0 spiro atoms. The third-order valence-electron chi connectivity index (χ3n) is 5.52. The van der Waals surface area contributed by atoms with Crippen molar-refractivity contribution in [2.24, 2.45) is 0 Å². The summed E-state index contributed by atoms with van der Waals surface area (Å²) in [5.74, 6) is 0. The van der Waals surface area contributed by atoms with Crippen molar-refractivity contribution in [3.8, 4) is 0 Å². The van der Waals surface area contributed by atoms with E-state index in [9.17, 15) is 9.90 Å². The zero-order valence-electron chi connectivity index (χ0n) is 16.4. The van der Waals surface area contributed by atoms with E-state index < -0.39 is 6.10 Å². The van der Waals surface area contributed by atoms with Crippen LogP contribution in [0, 0.1) is 13.8 Å². The van der Waals surface area contributed by atoms with Gasteiger partial charge in [-0.15, -0.1) is 0 Å². The number of hydrogen-bond donors (Lipinski definition) is 1. The summed E-state index contributed by atoms with van der Waals surface area (Å²) in [6.07, 6.45) is -0.630. The Morgan fingerprint density at radius 2 is 1.48 bits per heavy atom. The predicted molar refractivity (Wildman–Crippen MR) is 114 cm³/mol. The van der Waals surface area contributed by atoms with E-state index in [0.717, 1.165) is 22.4 Å². The monoisotopic (exact) mass is 386 g/mol. The molecule has 1 N–H and O–H groups in total. The van der Waals surface area contributed by atoms with Crippen LogP contribution >= 0.6 is 0 Å². The first-order valence-electron chi connectivity index (χ1n) is 9.74. The second-order valence-electron chi connectivity index (χ2n) is 7.59. The summed E-state index contributed by atoms with van der Waals surface area (Å²) in [6, 6.07) is 20.0. The number of aryl methyl sites for hydroxylation is 2. The molecule has 0 bridgehead atoms. The van der Waals surface area contributed by atoms with E-state index in [0.29, 0.717) is 18.7 Å². The quantitative estimate of drug-likeness (QED) is 0.516. The highest BCUT2D eigenvalue weighted by Crippen LogP contribution is 2.29. The summed E-state index contributed by atoms with van der Waals surface area (Å²) < 4.78 is 5.53. The fourth-order valence-electron chi connectivity index (χ4n) is 4.26. The summed E-state index contributed by atoms with van der Waals surface area (Å²) in [7, 11) is 0. The van der Waals surface area contributed by atoms with Crippen molar-refractivity contribution in [2.45, 2.75) is 33.0 Å². The smallest absolute Gasteiger partial charge is 0.274 e. The van der Waals surface area contributed by atoms with Gasteiger partial charge in [-0.3, -0.25) is 4.79 Å². The number of aliphatic hydroxyl groups is 1. The number of aromatic nitrogens is 4. The van der Waals surface area contributed by atoms with E-state index in [1.807, 2.05) is 48.7 Å². The normalized spacial score (nSPS) is 12.9. The summed E-state index contributed by atoms with van der Waals surface area (Å²) >= 11 is 0. The molecule has 6 nitrogen and oxygen atoms in total. The summed E-state index contributed by atoms with van der Waals surface area (Å²) in [6.45, 7) is 4.58. The van der Waals surface area contributed by atoms with Crippen LogP contribution < -0.4 is 5.56 Å². The lowest BCUT2D eigenvalue weighted by Gasteiger charge is -2.18. The molecular formula is C23H22N4O2. The number of hydrogen-bond acceptors (Lipinski definition) is 3. The number of aliphatic hydroxyl groups excluding tert-OH is 1. The Balaban J connectivity index is 1.56. The van der Waals surface area contributed by atoms with Gasteiger partial charge in [0.1, 0.15) is 5.65 Å². The van der Waals surface area contributed by atoms with Crippen molar-refractivity contribution in [1.82, 2.24) is 18.7 Å². The van der Waals surface area contributed by atoms with E-state index in [1.165, 1.54) is 15.3 Å². The number of rotatable bonds is 4. The number of para-hydroxylation sites is 2. The van der Waals surface area contributed by atoms with Gasteiger partial charge in [0.25, 0.3) is 5.56 Å². The van der Waals surface area contributed by atoms with Gasteiger partial charge in [0, 0.05) is 39.6 Å². The molecule has 0 aliphatic rings. The molecule has 0 saturated heterocycles. The van der Waals surface area contributed by atoms with Crippen LogP contribution in [0.2, 0.25) is 0 Å². The Bertz CT molecular complexity index is 1370. The molecule has 5 rings (SSSR count). The van der Waals surface area contributed by atoms with Crippen molar-refractivity contribution in [3.63, 3.8) is 0 Å². The molecule has 29 heavy (non-hydrogen) atoms. The van der Waals surface area contributed by atoms with Crippen LogP contribution in [0.5, 0.6) is 0 Å². The van der Waals surface area contributed by atoms with Gasteiger partial charge in [0.2, 0.25) is 0 Å². The molecule has 5 aromatic rings. The zero-order chi connectivity index (χ0) is 20.1. The number of fused-ring (bicyclic) bond motifs is 4. The van der Waals surface area contributed by atoms with Gasteiger partial charge >= 0.3 is 0 Å². The Morgan fingerprint density at radius 3 is 2.14 bits per heavy atom. The zero-order valence-corrected chi connectivity index (χ0v) is 16.4. The first-order chi connectivity index (χ1) is 14.0. The SMILES string of the molecule is Cc1cc2n(CC(O)Cn3c4ccccc4c4ccccc43)c(C)cc(=O)n2n1. The molecular weight excluding hydrogens is 364 g/mol. The minimum absolute atomic E-state index is 0.154. The predicted octanol–water partition coefficient (Wildman–Crippen LogP) is 3.28. The maximum Gasteiger partial charge on any atom is 0.274 e. The van der Waals surface area contributed by atoms with E-state index in [-0.39, 0.29) is 5.56 Å². The summed E-state index contributed by atoms with van der Waals surface area (Å²) in [5.41, 5.74) is 4.35. The van der Waals surface area contributed by atoms with Crippen molar-refractivity contribution < 1.29 is 5.11 Å². The van der Waals surface area contributed by atoms with Crippen LogP contribution in [-0.2, 0) is 13.1 Å². The van der Waals surface area contributed by atoms with Crippen LogP contribution in [0.4, 0.5) is 0 Å². The van der Waals surface area contributed by atoms with Gasteiger partial charge in [-0.05, 0) is 26.0 Å². The van der Waals surface area contributed by atoms with E-state index in [1.54, 1.807) is 6.07 Å². The van der Waals surface area contributed by atoms with Crippen LogP contribution in [0.1, 0.15) is 11.4 Å². The Morgan fingerprint density at radius 1 is 0.897 bits per heavy atom. The molecule has 1 unspecified atom stereocenters. The lowest BCUT2D eigenvalue weighted by Crippen LogP contribution is -2.27. The fraction of sp³-hybridized carbons (Fsp3) is 0.217. The van der Waals surface area contributed by atoms with Crippen molar-refractivity contribution in [2.75, 3.05) is 0 Å². The molecule has 0 aliphatic heterocycles. The third-order valence-corrected chi connectivity index (χ3v) is 5.52. The van der Waals surface area contributed by atoms with Crippen LogP contribution in [-0.4, -0.2) is 30.0 Å². The molecule has 3 aromatic heterocycles. The molecule has 2 aromatic carbocycles. The first-order valence-corrected chi connectivity index (χ1v) is 9.74. The van der Waals surface area contributed by atoms with Crippen LogP contribution in [0.25, 0.3) is 27.5 Å². The number of benzene rings is 2. The van der Waals surface area contributed by atoms with Crippen LogP contribution in [0.15, 0.2) is 65.5 Å². The Hall–Kier alpha value is -3.38. The highest BCUT2D eigenvalue weighted by molar-refractivity contribution is 6.07. The van der Waals surface area contributed by atoms with Crippen molar-refractivity contribution >= 4 is 27.5 Å². The average Bonchev–Trinajstić information content (AvgIpc) is 3.25. The maximum absolute atomic E-state index is 12.2. The molecule has 146 valence electrons. The molecule has 0 amide bonds. The van der Waals surface area contributed by atoms with Crippen molar-refractivity contribution in [1.29, 1.82) is 0 Å². The minimum atomic E-state index is -0.630. The second kappa shape index (κ2) is 6.60. The molecule has 3 heterocycles. The lowest BCUT2D eigenvalue weighted by atomic mass is 10.2. The lowest BCUT2D eigenvalue weighted by molar-refractivity contribution is 0.137. The molecule has 6 heteroatoms. The first kappa shape index (κ1) is 17.7.